The van der Waals surface area contributed by atoms with Gasteiger partial charge in [-0.2, -0.15) is 0 Å². The molecule has 0 saturated heterocycles. The molecule has 1 N–H and O–H groups in total. The van der Waals surface area contributed by atoms with Gasteiger partial charge in [0.15, 0.2) is 0 Å². The van der Waals surface area contributed by atoms with Gasteiger partial charge in [-0.15, -0.1) is 0 Å². The molecule has 0 aliphatic heterocycles. The summed E-state index contributed by atoms with van der Waals surface area (Å²) in [6, 6.07) is 7.18. The van der Waals surface area contributed by atoms with Crippen molar-refractivity contribution >= 4 is 18.0 Å². The number of carboxylic acids is 1. The first kappa shape index (κ1) is 13.0. The van der Waals surface area contributed by atoms with Crippen molar-refractivity contribution in [3.05, 3.63) is 41.0 Å². The van der Waals surface area contributed by atoms with E-state index >= 15 is 0 Å². The van der Waals surface area contributed by atoms with E-state index in [0.717, 1.165) is 5.56 Å². The van der Waals surface area contributed by atoms with Gasteiger partial charge in [0, 0.05) is 0 Å². The number of ether oxygens (including phenoxy) is 1. The summed E-state index contributed by atoms with van der Waals surface area (Å²) < 4.78 is 4.67. The first-order valence-electron chi connectivity index (χ1n) is 5.23. The molecule has 90 valence electrons. The summed E-state index contributed by atoms with van der Waals surface area (Å²) in [5.74, 6) is -2.11. The highest BCUT2D eigenvalue weighted by Gasteiger charge is 2.18. The summed E-state index contributed by atoms with van der Waals surface area (Å²) in [5.41, 5.74) is 1.35. The fraction of sp³-hybridized carbons (Fsp3) is 0.231. The molecule has 0 unspecified atom stereocenters. The number of hydrogen-bond donors (Lipinski definition) is 1. The second-order valence-corrected chi connectivity index (χ2v) is 3.49. The zero-order valence-electron chi connectivity index (χ0n) is 9.77. The maximum Gasteiger partial charge on any atom is 0.345 e. The third-order valence-corrected chi connectivity index (χ3v) is 2.11. The lowest BCUT2D eigenvalue weighted by atomic mass is 10.1. The first-order valence-corrected chi connectivity index (χ1v) is 5.23. The van der Waals surface area contributed by atoms with E-state index in [1.54, 1.807) is 19.1 Å². The van der Waals surface area contributed by atoms with Crippen LogP contribution in [-0.4, -0.2) is 23.7 Å². The van der Waals surface area contributed by atoms with Gasteiger partial charge in [0.25, 0.3) is 0 Å². The number of carboxylic acid groups (broad SMARTS) is 1. The van der Waals surface area contributed by atoms with Gasteiger partial charge in [-0.25, -0.2) is 9.59 Å². The Hall–Kier alpha value is -2.10. The molecule has 0 aliphatic rings. The minimum atomic E-state index is -1.29. The molecule has 4 nitrogen and oxygen atoms in total. The van der Waals surface area contributed by atoms with Crippen LogP contribution in [0.3, 0.4) is 0 Å². The largest absolute Gasteiger partial charge is 0.477 e. The molecule has 4 heteroatoms. The highest BCUT2D eigenvalue weighted by molar-refractivity contribution is 6.16. The minimum Gasteiger partial charge on any atom is -0.477 e. The summed E-state index contributed by atoms with van der Waals surface area (Å²) in [7, 11) is 0. The highest BCUT2D eigenvalue weighted by Crippen LogP contribution is 2.10. The molecule has 0 bridgehead atoms. The molecule has 0 heterocycles. The molecule has 0 spiro atoms. The fourth-order valence-electron chi connectivity index (χ4n) is 1.25. The minimum absolute atomic E-state index is 0.150. The van der Waals surface area contributed by atoms with Crippen molar-refractivity contribution in [3.8, 4) is 0 Å². The highest BCUT2D eigenvalue weighted by atomic mass is 16.5. The number of aryl methyl sites for hydroxylation is 1. The molecule has 0 atom stereocenters. The Kier molecular flexibility index (Phi) is 4.46. The Morgan fingerprint density at radius 2 is 1.88 bits per heavy atom. The summed E-state index contributed by atoms with van der Waals surface area (Å²) in [6.45, 7) is 3.71. The summed E-state index contributed by atoms with van der Waals surface area (Å²) in [4.78, 5) is 22.3. The average molecular weight is 234 g/mol. The lowest BCUT2D eigenvalue weighted by Gasteiger charge is -2.02. The molecular formula is C13H14O4. The van der Waals surface area contributed by atoms with Crippen LogP contribution >= 0.6 is 0 Å². The van der Waals surface area contributed by atoms with E-state index in [2.05, 4.69) is 4.74 Å². The van der Waals surface area contributed by atoms with Crippen LogP contribution in [0.2, 0.25) is 0 Å². The van der Waals surface area contributed by atoms with Gasteiger partial charge in [-0.3, -0.25) is 0 Å². The molecule has 0 aromatic heterocycles. The number of esters is 1. The Labute approximate surface area is 99.5 Å². The van der Waals surface area contributed by atoms with Gasteiger partial charge in [0.2, 0.25) is 0 Å². The standard InChI is InChI=1S/C13H14O4/c1-3-17-13(16)11(12(14)15)8-10-6-4-9(2)5-7-10/h4-8H,3H2,1-2H3,(H,14,15). The zero-order chi connectivity index (χ0) is 12.8. The van der Waals surface area contributed by atoms with Gasteiger partial charge in [0.1, 0.15) is 5.57 Å². The summed E-state index contributed by atoms with van der Waals surface area (Å²) >= 11 is 0. The van der Waals surface area contributed by atoms with Crippen molar-refractivity contribution in [2.75, 3.05) is 6.61 Å². The van der Waals surface area contributed by atoms with Crippen LogP contribution in [0.15, 0.2) is 29.8 Å². The predicted molar refractivity (Wildman–Crippen MR) is 63.4 cm³/mol. The predicted octanol–water partition coefficient (Wildman–Crippen LogP) is 2.03. The van der Waals surface area contributed by atoms with Crippen LogP contribution in [0.5, 0.6) is 0 Å². The SMILES string of the molecule is CCOC(=O)C(=Cc1ccc(C)cc1)C(=O)O. The Morgan fingerprint density at radius 1 is 1.29 bits per heavy atom. The Balaban J connectivity index is 3.02. The molecule has 1 aromatic carbocycles. The normalized spacial score (nSPS) is 11.1. The zero-order valence-corrected chi connectivity index (χ0v) is 9.77. The van der Waals surface area contributed by atoms with Gasteiger partial charge in [-0.05, 0) is 25.5 Å². The monoisotopic (exact) mass is 234 g/mol. The van der Waals surface area contributed by atoms with Gasteiger partial charge in [0.05, 0.1) is 6.61 Å². The topological polar surface area (TPSA) is 63.6 Å². The van der Waals surface area contributed by atoms with Crippen molar-refractivity contribution in [2.45, 2.75) is 13.8 Å². The molecule has 1 aromatic rings. The van der Waals surface area contributed by atoms with Gasteiger partial charge < -0.3 is 9.84 Å². The lowest BCUT2D eigenvalue weighted by Crippen LogP contribution is -2.15. The van der Waals surface area contributed by atoms with Crippen molar-refractivity contribution < 1.29 is 19.4 Å². The van der Waals surface area contributed by atoms with Crippen LogP contribution < -0.4 is 0 Å². The van der Waals surface area contributed by atoms with Crippen molar-refractivity contribution in [3.63, 3.8) is 0 Å². The Morgan fingerprint density at radius 3 is 2.35 bits per heavy atom. The molecule has 17 heavy (non-hydrogen) atoms. The van der Waals surface area contributed by atoms with E-state index in [4.69, 9.17) is 5.11 Å². The van der Waals surface area contributed by atoms with Crippen LogP contribution in [0.4, 0.5) is 0 Å². The Bertz CT molecular complexity index is 443. The number of aliphatic carboxylic acids is 1. The summed E-state index contributed by atoms with van der Waals surface area (Å²) in [6.07, 6.45) is 1.31. The fourth-order valence-corrected chi connectivity index (χ4v) is 1.25. The summed E-state index contributed by atoms with van der Waals surface area (Å²) in [5, 5.41) is 8.92. The molecular weight excluding hydrogens is 220 g/mol. The van der Waals surface area contributed by atoms with Gasteiger partial charge >= 0.3 is 11.9 Å². The maximum atomic E-state index is 11.4. The second-order valence-electron chi connectivity index (χ2n) is 3.49. The first-order chi connectivity index (χ1) is 8.04. The molecule has 0 aliphatic carbocycles. The van der Waals surface area contributed by atoms with Crippen LogP contribution in [0.1, 0.15) is 18.1 Å². The number of carbonyl (C=O) groups is 2. The average Bonchev–Trinajstić information content (AvgIpc) is 2.28. The number of hydrogen-bond acceptors (Lipinski definition) is 3. The van der Waals surface area contributed by atoms with E-state index in [9.17, 15) is 9.59 Å². The van der Waals surface area contributed by atoms with E-state index in [-0.39, 0.29) is 12.2 Å². The van der Waals surface area contributed by atoms with Crippen molar-refractivity contribution in [2.24, 2.45) is 0 Å². The number of benzene rings is 1. The quantitative estimate of drug-likeness (QED) is 0.374. The second kappa shape index (κ2) is 5.84. The van der Waals surface area contributed by atoms with Crippen molar-refractivity contribution in [1.82, 2.24) is 0 Å². The van der Waals surface area contributed by atoms with Crippen LogP contribution in [-0.2, 0) is 14.3 Å². The molecule has 0 fully saturated rings. The third-order valence-electron chi connectivity index (χ3n) is 2.11. The molecule has 0 amide bonds. The van der Waals surface area contributed by atoms with E-state index < -0.39 is 11.9 Å². The van der Waals surface area contributed by atoms with Gasteiger partial charge in [-0.1, -0.05) is 29.8 Å². The number of rotatable bonds is 4. The van der Waals surface area contributed by atoms with Crippen molar-refractivity contribution in [1.29, 1.82) is 0 Å². The maximum absolute atomic E-state index is 11.4. The molecule has 0 saturated carbocycles. The van der Waals surface area contributed by atoms with Crippen LogP contribution in [0.25, 0.3) is 6.08 Å². The third kappa shape index (κ3) is 3.75. The molecule has 0 radical (unpaired) electrons. The lowest BCUT2D eigenvalue weighted by molar-refractivity contribution is -0.143. The van der Waals surface area contributed by atoms with E-state index in [1.807, 2.05) is 19.1 Å². The van der Waals surface area contributed by atoms with E-state index in [0.29, 0.717) is 5.56 Å². The molecule has 1 rings (SSSR count). The number of carbonyl (C=O) groups excluding carboxylic acids is 1. The van der Waals surface area contributed by atoms with E-state index in [1.165, 1.54) is 6.08 Å². The van der Waals surface area contributed by atoms with Crippen LogP contribution in [0, 0.1) is 6.92 Å². The smallest absolute Gasteiger partial charge is 0.345 e.